The number of nitrogens with one attached hydrogen (secondary N) is 2. The van der Waals surface area contributed by atoms with Crippen LogP contribution < -0.4 is 35.8 Å². The number of halogens is 1. The molecule has 3 aromatic carbocycles. The summed E-state index contributed by atoms with van der Waals surface area (Å²) >= 11 is 0. The number of carbonyl (C=O) groups excluding carboxylic acids is 3. The fourth-order valence-corrected chi connectivity index (χ4v) is 11.8. The number of aromatic nitrogens is 6. The Morgan fingerprint density at radius 3 is 2.44 bits per heavy atom. The molecule has 73 heavy (non-hydrogen) atoms. The van der Waals surface area contributed by atoms with Gasteiger partial charge in [0.15, 0.2) is 17.2 Å². The van der Waals surface area contributed by atoms with E-state index < -0.39 is 30.1 Å². The Hall–Kier alpha value is -7.60. The van der Waals surface area contributed by atoms with Gasteiger partial charge in [0.1, 0.15) is 18.0 Å². The molecule has 2 aliphatic carbocycles. The van der Waals surface area contributed by atoms with Crippen molar-refractivity contribution in [1.82, 2.24) is 44.2 Å². The third-order valence-electron chi connectivity index (χ3n) is 16.0. The number of anilines is 4. The molecule has 0 spiro atoms. The molecule has 2 saturated carbocycles. The van der Waals surface area contributed by atoms with Crippen molar-refractivity contribution in [2.24, 2.45) is 7.05 Å². The van der Waals surface area contributed by atoms with E-state index in [1.54, 1.807) is 27.8 Å². The summed E-state index contributed by atoms with van der Waals surface area (Å²) in [6, 6.07) is 26.2. The van der Waals surface area contributed by atoms with Gasteiger partial charge in [-0.05, 0) is 104 Å². The summed E-state index contributed by atoms with van der Waals surface area (Å²) in [5.74, 6) is 0.726. The van der Waals surface area contributed by atoms with Crippen molar-refractivity contribution in [3.05, 3.63) is 124 Å². The minimum atomic E-state index is -1.04. The quantitative estimate of drug-likeness (QED) is 0.129. The van der Waals surface area contributed by atoms with Crippen LogP contribution in [0.2, 0.25) is 0 Å². The molecule has 3 atom stereocenters. The van der Waals surface area contributed by atoms with Gasteiger partial charge in [0.25, 0.3) is 5.91 Å². The van der Waals surface area contributed by atoms with Crippen LogP contribution in [-0.4, -0.2) is 116 Å². The summed E-state index contributed by atoms with van der Waals surface area (Å²) in [6.07, 6.45) is 8.39. The molecule has 4 aromatic heterocycles. The fourth-order valence-electron chi connectivity index (χ4n) is 11.8. The standard InChI is InChI=1S/C55H59FN12O5/c1-62(32-33-7-14-38(73-3)15-8-33)48-30-50(61-68-49(31-58-52(48)68)54(71)59-43-29-41(43)56)66-22-20-40-39(5-4-6-44(40)66)42-28-37(19-21-57-42)65-25-23-64(24-26-65)36-12-9-34(10-13-36)35-11-16-45-47(27-35)63(2)55(72)67(45)46-17-18-51(69)60-53(46)70/h4-8,11,14-16,19,21,27-28,30-31,34,36,41,43,46H,9-10,12-13,17-18,20,22-26,29,32H2,1-3H3,(H,59,71)(H,60,69,70)/t34?,36?,41-,43+,46?/m0/s1. The maximum atomic E-state index is 13.9. The number of nitrogens with zero attached hydrogens (tertiary/aromatic N) is 10. The average Bonchev–Trinajstić information content (AvgIpc) is 3.68. The molecule has 18 heteroatoms. The first-order valence-electron chi connectivity index (χ1n) is 25.6. The van der Waals surface area contributed by atoms with Gasteiger partial charge in [0, 0.05) is 101 Å². The maximum Gasteiger partial charge on any atom is 0.329 e. The minimum Gasteiger partial charge on any atom is -0.497 e. The Labute approximate surface area is 421 Å². The highest BCUT2D eigenvalue weighted by Gasteiger charge is 2.40. The molecule has 7 aromatic rings. The number of aryl methyl sites for hydroxylation is 1. The van der Waals surface area contributed by atoms with Crippen LogP contribution in [0.1, 0.15) is 84.1 Å². The van der Waals surface area contributed by atoms with Gasteiger partial charge < -0.3 is 24.8 Å². The second kappa shape index (κ2) is 18.8. The number of amides is 3. The Morgan fingerprint density at radius 1 is 0.890 bits per heavy atom. The van der Waals surface area contributed by atoms with Crippen molar-refractivity contribution in [3.63, 3.8) is 0 Å². The molecule has 7 heterocycles. The Morgan fingerprint density at radius 2 is 1.68 bits per heavy atom. The monoisotopic (exact) mass is 986 g/mol. The molecule has 2 N–H and O–H groups in total. The van der Waals surface area contributed by atoms with Crippen LogP contribution in [0.3, 0.4) is 0 Å². The topological polar surface area (TPSA) is 167 Å². The smallest absolute Gasteiger partial charge is 0.329 e. The van der Waals surface area contributed by atoms with Gasteiger partial charge in [0.05, 0.1) is 41.8 Å². The SMILES string of the molecule is COc1ccc(CN(C)c2cc(N3CCc4c(-c5cc(N6CCN(C7CCC(c8ccc9c(c8)n(C)c(=O)n9C8CCC(=O)NC8=O)CC7)CC6)ccn5)cccc43)nn3c(C(=O)N[C@@H]4C[C@@H]4F)cnc23)cc1. The number of benzene rings is 3. The second-order valence-corrected chi connectivity index (χ2v) is 20.4. The summed E-state index contributed by atoms with van der Waals surface area (Å²) in [5.41, 5.74) is 10.6. The van der Waals surface area contributed by atoms with Gasteiger partial charge >= 0.3 is 5.69 Å². The van der Waals surface area contributed by atoms with Crippen molar-refractivity contribution in [3.8, 4) is 17.0 Å². The second-order valence-electron chi connectivity index (χ2n) is 20.4. The Kier molecular flexibility index (Phi) is 12.0. The average molecular weight is 987 g/mol. The van der Waals surface area contributed by atoms with Crippen LogP contribution in [0.25, 0.3) is 27.9 Å². The number of carbonyl (C=O) groups is 3. The van der Waals surface area contributed by atoms with E-state index in [-0.39, 0.29) is 23.7 Å². The molecule has 12 rings (SSSR count). The summed E-state index contributed by atoms with van der Waals surface area (Å²) in [4.78, 5) is 70.5. The van der Waals surface area contributed by atoms with Crippen LogP contribution in [0.5, 0.6) is 5.75 Å². The summed E-state index contributed by atoms with van der Waals surface area (Å²) < 4.78 is 24.1. The summed E-state index contributed by atoms with van der Waals surface area (Å²) in [5, 5.41) is 10.3. The van der Waals surface area contributed by atoms with Crippen molar-refractivity contribution in [2.45, 2.75) is 88.1 Å². The normalized spacial score (nSPS) is 22.2. The number of rotatable bonds is 12. The lowest BCUT2D eigenvalue weighted by atomic mass is 9.81. The lowest BCUT2D eigenvalue weighted by Gasteiger charge is -2.42. The zero-order valence-corrected chi connectivity index (χ0v) is 41.3. The van der Waals surface area contributed by atoms with Crippen LogP contribution in [-0.2, 0) is 29.6 Å². The number of methoxy groups -OCH3 is 1. The van der Waals surface area contributed by atoms with Gasteiger partial charge in [-0.25, -0.2) is 18.7 Å². The van der Waals surface area contributed by atoms with E-state index in [4.69, 9.17) is 14.8 Å². The molecule has 3 aliphatic heterocycles. The number of imidazole rings is 2. The number of imide groups is 1. The predicted molar refractivity (Wildman–Crippen MR) is 277 cm³/mol. The maximum absolute atomic E-state index is 13.9. The fraction of sp³-hybridized carbons (Fsp3) is 0.400. The van der Waals surface area contributed by atoms with E-state index in [1.807, 2.05) is 49.6 Å². The lowest BCUT2D eigenvalue weighted by molar-refractivity contribution is -0.135. The van der Waals surface area contributed by atoms with Crippen molar-refractivity contribution < 1.29 is 23.5 Å². The highest BCUT2D eigenvalue weighted by Crippen LogP contribution is 2.42. The van der Waals surface area contributed by atoms with Gasteiger partial charge in [-0.15, -0.1) is 5.10 Å². The molecule has 2 saturated heterocycles. The number of hydrogen-bond acceptors (Lipinski definition) is 12. The van der Waals surface area contributed by atoms with Gasteiger partial charge in [0.2, 0.25) is 11.8 Å². The number of hydrogen-bond donors (Lipinski definition) is 2. The Bertz CT molecular complexity index is 3350. The minimum absolute atomic E-state index is 0.218. The molecule has 0 bridgehead atoms. The zero-order valence-electron chi connectivity index (χ0n) is 41.3. The zero-order chi connectivity index (χ0) is 50.1. The molecule has 1 unspecified atom stereocenters. The summed E-state index contributed by atoms with van der Waals surface area (Å²) in [6.45, 7) is 5.05. The largest absolute Gasteiger partial charge is 0.497 e. The van der Waals surface area contributed by atoms with Crippen LogP contribution >= 0.6 is 0 Å². The molecular weight excluding hydrogens is 928 g/mol. The van der Waals surface area contributed by atoms with Gasteiger partial charge in [-0.1, -0.05) is 30.3 Å². The van der Waals surface area contributed by atoms with Crippen LogP contribution in [0.4, 0.5) is 27.3 Å². The first-order chi connectivity index (χ1) is 35.5. The van der Waals surface area contributed by atoms with Crippen molar-refractivity contribution in [2.75, 3.05) is 61.6 Å². The van der Waals surface area contributed by atoms with Crippen molar-refractivity contribution >= 4 is 57.3 Å². The van der Waals surface area contributed by atoms with E-state index in [9.17, 15) is 23.6 Å². The van der Waals surface area contributed by atoms with Crippen LogP contribution in [0, 0.1) is 0 Å². The molecular formula is C55H59FN12O5. The third kappa shape index (κ3) is 8.64. The number of alkyl halides is 1. The molecule has 17 nitrogen and oxygen atoms in total. The molecule has 4 fully saturated rings. The van der Waals surface area contributed by atoms with Gasteiger partial charge in [-0.3, -0.25) is 38.7 Å². The number of piperidine rings is 1. The van der Waals surface area contributed by atoms with Crippen LogP contribution in [0.15, 0.2) is 96.1 Å². The summed E-state index contributed by atoms with van der Waals surface area (Å²) in [7, 11) is 5.41. The lowest BCUT2D eigenvalue weighted by Crippen LogP contribution is -2.51. The van der Waals surface area contributed by atoms with Gasteiger partial charge in [-0.2, -0.15) is 0 Å². The first kappa shape index (κ1) is 46.5. The number of pyridine rings is 1. The third-order valence-corrected chi connectivity index (χ3v) is 16.0. The number of ether oxygens (including phenoxy) is 1. The number of fused-ring (bicyclic) bond motifs is 3. The van der Waals surface area contributed by atoms with E-state index in [0.29, 0.717) is 49.4 Å². The first-order valence-corrected chi connectivity index (χ1v) is 25.6. The highest BCUT2D eigenvalue weighted by molar-refractivity contribution is 6.00. The molecule has 3 amide bonds. The number of piperazine rings is 1. The molecule has 5 aliphatic rings. The van der Waals surface area contributed by atoms with E-state index in [1.165, 1.54) is 17.3 Å². The highest BCUT2D eigenvalue weighted by atomic mass is 19.1. The van der Waals surface area contributed by atoms with E-state index in [0.717, 1.165) is 109 Å². The molecule has 0 radical (unpaired) electrons. The van der Waals surface area contributed by atoms with E-state index >= 15 is 0 Å². The van der Waals surface area contributed by atoms with Crippen molar-refractivity contribution in [1.29, 1.82) is 0 Å². The molecule has 376 valence electrons. The Balaban J connectivity index is 0.727. The van der Waals surface area contributed by atoms with E-state index in [2.05, 4.69) is 77.7 Å². The predicted octanol–water partition coefficient (Wildman–Crippen LogP) is 6.45.